The van der Waals surface area contributed by atoms with Gasteiger partial charge in [-0.05, 0) is 48.5 Å². The molecule has 3 rings (SSSR count). The molecule has 0 fully saturated rings. The Hall–Kier alpha value is -2.47. The molecular formula is C17H13BrFN3O. The molecule has 0 aliphatic heterocycles. The number of hydrogen-bond acceptors (Lipinski definition) is 2. The van der Waals surface area contributed by atoms with Crippen molar-refractivity contribution in [1.29, 1.82) is 0 Å². The van der Waals surface area contributed by atoms with Crippen LogP contribution in [0.25, 0.3) is 5.69 Å². The van der Waals surface area contributed by atoms with Crippen LogP contribution in [0.3, 0.4) is 0 Å². The number of rotatable bonds is 4. The minimum atomic E-state index is -0.345. The molecule has 1 heterocycles. The van der Waals surface area contributed by atoms with Crippen molar-refractivity contribution in [2.45, 2.75) is 6.54 Å². The molecule has 0 saturated carbocycles. The van der Waals surface area contributed by atoms with E-state index in [9.17, 15) is 9.18 Å². The third-order valence-corrected chi connectivity index (χ3v) is 3.84. The number of halogens is 2. The number of amides is 1. The summed E-state index contributed by atoms with van der Waals surface area (Å²) < 4.78 is 16.1. The normalized spacial score (nSPS) is 10.5. The van der Waals surface area contributed by atoms with Gasteiger partial charge in [0.15, 0.2) is 0 Å². The number of nitrogens with zero attached hydrogens (tertiary/aromatic N) is 2. The van der Waals surface area contributed by atoms with Crippen molar-refractivity contribution in [3.05, 3.63) is 82.3 Å². The summed E-state index contributed by atoms with van der Waals surface area (Å²) in [6.45, 7) is 0.130. The molecule has 1 N–H and O–H groups in total. The Bertz CT molecular complexity index is 816. The predicted octanol–water partition coefficient (Wildman–Crippen LogP) is 3.70. The topological polar surface area (TPSA) is 46.9 Å². The van der Waals surface area contributed by atoms with Gasteiger partial charge in [0.05, 0.1) is 5.69 Å². The van der Waals surface area contributed by atoms with Crippen molar-refractivity contribution in [3.63, 3.8) is 0 Å². The van der Waals surface area contributed by atoms with Crippen LogP contribution in [0.4, 0.5) is 4.39 Å². The third kappa shape index (κ3) is 3.65. The van der Waals surface area contributed by atoms with E-state index in [0.29, 0.717) is 11.1 Å². The van der Waals surface area contributed by atoms with Gasteiger partial charge in [-0.15, -0.1) is 0 Å². The van der Waals surface area contributed by atoms with Crippen LogP contribution >= 0.6 is 15.9 Å². The monoisotopic (exact) mass is 373 g/mol. The Morgan fingerprint density at radius 1 is 1.22 bits per heavy atom. The summed E-state index contributed by atoms with van der Waals surface area (Å²) in [4.78, 5) is 12.1. The number of aromatic nitrogens is 2. The zero-order valence-corrected chi connectivity index (χ0v) is 13.6. The fourth-order valence-corrected chi connectivity index (χ4v) is 2.55. The summed E-state index contributed by atoms with van der Waals surface area (Å²) in [5, 5.41) is 6.84. The minimum Gasteiger partial charge on any atom is -0.348 e. The molecule has 0 saturated heterocycles. The maximum atomic E-state index is 13.7. The summed E-state index contributed by atoms with van der Waals surface area (Å²) in [6.07, 6.45) is 3.51. The molecule has 1 amide bonds. The molecule has 3 aromatic rings. The quantitative estimate of drug-likeness (QED) is 0.757. The lowest BCUT2D eigenvalue weighted by Crippen LogP contribution is -2.23. The van der Waals surface area contributed by atoms with E-state index < -0.39 is 0 Å². The molecule has 0 bridgehead atoms. The molecule has 2 aromatic carbocycles. The van der Waals surface area contributed by atoms with Gasteiger partial charge in [-0.2, -0.15) is 5.10 Å². The Kier molecular flexibility index (Phi) is 4.52. The maximum Gasteiger partial charge on any atom is 0.251 e. The average molecular weight is 374 g/mol. The van der Waals surface area contributed by atoms with Crippen molar-refractivity contribution >= 4 is 21.8 Å². The SMILES string of the molecule is O=C(NCc1cc(Br)ccc1F)c1ccc(-n2cccn2)cc1. The molecular weight excluding hydrogens is 361 g/mol. The van der Waals surface area contributed by atoms with Gasteiger partial charge in [-0.1, -0.05) is 15.9 Å². The molecule has 0 atom stereocenters. The number of benzene rings is 2. The minimum absolute atomic E-state index is 0.130. The van der Waals surface area contributed by atoms with Gasteiger partial charge < -0.3 is 5.32 Å². The van der Waals surface area contributed by atoms with Crippen LogP contribution in [0.15, 0.2) is 65.4 Å². The lowest BCUT2D eigenvalue weighted by molar-refractivity contribution is 0.0950. The second-order valence-electron chi connectivity index (χ2n) is 4.92. The molecule has 23 heavy (non-hydrogen) atoms. The van der Waals surface area contributed by atoms with Crippen LogP contribution in [-0.2, 0) is 6.54 Å². The highest BCUT2D eigenvalue weighted by atomic mass is 79.9. The van der Waals surface area contributed by atoms with Gasteiger partial charge in [0.2, 0.25) is 0 Å². The first-order valence-electron chi connectivity index (χ1n) is 6.96. The second-order valence-corrected chi connectivity index (χ2v) is 5.83. The van der Waals surface area contributed by atoms with Crippen molar-refractivity contribution in [3.8, 4) is 5.69 Å². The summed E-state index contributed by atoms with van der Waals surface area (Å²) >= 11 is 3.29. The summed E-state index contributed by atoms with van der Waals surface area (Å²) in [5.41, 5.74) is 1.81. The Labute approximate surface area is 141 Å². The van der Waals surface area contributed by atoms with E-state index in [-0.39, 0.29) is 18.3 Å². The largest absolute Gasteiger partial charge is 0.348 e. The van der Waals surface area contributed by atoms with Gasteiger partial charge in [0.1, 0.15) is 5.82 Å². The first-order chi connectivity index (χ1) is 11.1. The van der Waals surface area contributed by atoms with Crippen molar-refractivity contribution in [2.75, 3.05) is 0 Å². The van der Waals surface area contributed by atoms with Crippen LogP contribution in [0.1, 0.15) is 15.9 Å². The smallest absolute Gasteiger partial charge is 0.251 e. The fraction of sp³-hybridized carbons (Fsp3) is 0.0588. The summed E-state index contributed by atoms with van der Waals surface area (Å²) in [5.74, 6) is -0.598. The van der Waals surface area contributed by atoms with Gasteiger partial charge in [0.25, 0.3) is 5.91 Å². The van der Waals surface area contributed by atoms with Gasteiger partial charge in [-0.3, -0.25) is 4.79 Å². The molecule has 116 valence electrons. The van der Waals surface area contributed by atoms with Crippen molar-refractivity contribution in [2.24, 2.45) is 0 Å². The van der Waals surface area contributed by atoms with Gasteiger partial charge in [0, 0.05) is 34.5 Å². The highest BCUT2D eigenvalue weighted by Gasteiger charge is 2.08. The van der Waals surface area contributed by atoms with Crippen LogP contribution in [0.5, 0.6) is 0 Å². The van der Waals surface area contributed by atoms with E-state index in [1.54, 1.807) is 35.1 Å². The molecule has 1 aromatic heterocycles. The lowest BCUT2D eigenvalue weighted by Gasteiger charge is -2.08. The van der Waals surface area contributed by atoms with Gasteiger partial charge in [-0.25, -0.2) is 9.07 Å². The standard InChI is InChI=1S/C17H13BrFN3O/c18-14-4-7-16(19)13(10-14)11-20-17(23)12-2-5-15(6-3-12)22-9-1-8-21-22/h1-10H,11H2,(H,20,23). The Morgan fingerprint density at radius 3 is 2.70 bits per heavy atom. The van der Waals surface area contributed by atoms with Gasteiger partial charge >= 0.3 is 0 Å². The van der Waals surface area contributed by atoms with Crippen molar-refractivity contribution in [1.82, 2.24) is 15.1 Å². The molecule has 0 unspecified atom stereocenters. The molecule has 0 aliphatic rings. The molecule has 6 heteroatoms. The lowest BCUT2D eigenvalue weighted by atomic mass is 10.1. The molecule has 0 aliphatic carbocycles. The van der Waals surface area contributed by atoms with E-state index in [1.165, 1.54) is 6.07 Å². The zero-order chi connectivity index (χ0) is 16.2. The van der Waals surface area contributed by atoms with Crippen LogP contribution in [-0.4, -0.2) is 15.7 Å². The highest BCUT2D eigenvalue weighted by molar-refractivity contribution is 9.10. The average Bonchev–Trinajstić information content (AvgIpc) is 3.10. The molecule has 4 nitrogen and oxygen atoms in total. The first-order valence-corrected chi connectivity index (χ1v) is 7.75. The first kappa shape index (κ1) is 15.4. The Balaban J connectivity index is 1.67. The van der Waals surface area contributed by atoms with E-state index in [2.05, 4.69) is 26.3 Å². The van der Waals surface area contributed by atoms with Crippen LogP contribution < -0.4 is 5.32 Å². The number of nitrogens with one attached hydrogen (secondary N) is 1. The third-order valence-electron chi connectivity index (χ3n) is 3.35. The van der Waals surface area contributed by atoms with E-state index in [0.717, 1.165) is 10.2 Å². The maximum absolute atomic E-state index is 13.7. The van der Waals surface area contributed by atoms with Crippen LogP contribution in [0.2, 0.25) is 0 Å². The molecule has 0 radical (unpaired) electrons. The number of carbonyl (C=O) groups excluding carboxylic acids is 1. The number of carbonyl (C=O) groups is 1. The summed E-state index contributed by atoms with van der Waals surface area (Å²) in [7, 11) is 0. The second kappa shape index (κ2) is 6.75. The van der Waals surface area contributed by atoms with Crippen molar-refractivity contribution < 1.29 is 9.18 Å². The summed E-state index contributed by atoms with van der Waals surface area (Å²) in [6, 6.07) is 13.5. The number of hydrogen-bond donors (Lipinski definition) is 1. The fourth-order valence-electron chi connectivity index (χ4n) is 2.14. The van der Waals surface area contributed by atoms with E-state index in [4.69, 9.17) is 0 Å². The highest BCUT2D eigenvalue weighted by Crippen LogP contribution is 2.15. The van der Waals surface area contributed by atoms with E-state index >= 15 is 0 Å². The zero-order valence-electron chi connectivity index (χ0n) is 12.0. The van der Waals surface area contributed by atoms with Crippen LogP contribution in [0, 0.1) is 5.82 Å². The Morgan fingerprint density at radius 2 is 2.00 bits per heavy atom. The predicted molar refractivity (Wildman–Crippen MR) is 88.8 cm³/mol. The van der Waals surface area contributed by atoms with E-state index in [1.807, 2.05) is 24.4 Å². The molecule has 0 spiro atoms.